The molecule has 1 atom stereocenters. The van der Waals surface area contributed by atoms with Crippen molar-refractivity contribution in [3.8, 4) is 0 Å². The molecule has 0 fully saturated rings. The molecule has 0 radical (unpaired) electrons. The lowest BCUT2D eigenvalue weighted by molar-refractivity contribution is -0.137. The highest BCUT2D eigenvalue weighted by Crippen LogP contribution is 2.30. The van der Waals surface area contributed by atoms with Gasteiger partial charge in [0.1, 0.15) is 0 Å². The number of halogens is 3. The molecule has 1 heterocycles. The van der Waals surface area contributed by atoms with Crippen molar-refractivity contribution in [2.75, 3.05) is 5.32 Å². The topological polar surface area (TPSA) is 42.0 Å². The summed E-state index contributed by atoms with van der Waals surface area (Å²) in [6, 6.07) is 9.57. The van der Waals surface area contributed by atoms with Crippen molar-refractivity contribution < 1.29 is 18.0 Å². The van der Waals surface area contributed by atoms with Gasteiger partial charge in [0.05, 0.1) is 15.8 Å². The van der Waals surface area contributed by atoms with E-state index >= 15 is 0 Å². The minimum atomic E-state index is -4.41. The predicted molar refractivity (Wildman–Crippen MR) is 84.4 cm³/mol. The Kier molecular flexibility index (Phi) is 5.30. The van der Waals surface area contributed by atoms with E-state index in [1.54, 1.807) is 19.1 Å². The molecule has 0 spiro atoms. The van der Waals surface area contributed by atoms with Gasteiger partial charge in [-0.3, -0.25) is 4.79 Å². The lowest BCUT2D eigenvalue weighted by Gasteiger charge is -2.12. The zero-order valence-electron chi connectivity index (χ0n) is 12.5. The van der Waals surface area contributed by atoms with Crippen LogP contribution in [0.3, 0.4) is 0 Å². The van der Waals surface area contributed by atoms with E-state index in [9.17, 15) is 18.0 Å². The second-order valence-corrected chi connectivity index (χ2v) is 6.36. The van der Waals surface area contributed by atoms with Crippen molar-refractivity contribution in [1.29, 1.82) is 0 Å². The number of carbonyl (C=O) groups excluding carboxylic acids is 1. The first-order valence-corrected chi connectivity index (χ1v) is 7.71. The predicted octanol–water partition coefficient (Wildman–Crippen LogP) is 4.53. The number of thioether (sulfide) groups is 1. The fraction of sp³-hybridized carbons (Fsp3) is 0.250. The van der Waals surface area contributed by atoms with E-state index in [0.717, 1.165) is 29.6 Å². The number of benzene rings is 1. The molecular formula is C16H15F3N2OS. The van der Waals surface area contributed by atoms with Crippen molar-refractivity contribution in [3.05, 3.63) is 53.7 Å². The fourth-order valence-corrected chi connectivity index (χ4v) is 2.52. The van der Waals surface area contributed by atoms with Crippen molar-refractivity contribution >= 4 is 23.4 Å². The van der Waals surface area contributed by atoms with Crippen LogP contribution >= 0.6 is 11.8 Å². The summed E-state index contributed by atoms with van der Waals surface area (Å²) in [6.07, 6.45) is -3.64. The summed E-state index contributed by atoms with van der Waals surface area (Å²) in [5.74, 6) is -0.236. The Hall–Kier alpha value is -2.02. The molecule has 0 saturated carbocycles. The van der Waals surface area contributed by atoms with Gasteiger partial charge < -0.3 is 5.32 Å². The van der Waals surface area contributed by atoms with Crippen LogP contribution in [0.1, 0.15) is 18.1 Å². The molecule has 7 heteroatoms. The van der Waals surface area contributed by atoms with Gasteiger partial charge in [0.2, 0.25) is 5.91 Å². The van der Waals surface area contributed by atoms with Crippen molar-refractivity contribution in [2.24, 2.45) is 0 Å². The van der Waals surface area contributed by atoms with Crippen LogP contribution in [-0.4, -0.2) is 16.1 Å². The molecule has 1 N–H and O–H groups in total. The van der Waals surface area contributed by atoms with Gasteiger partial charge in [-0.2, -0.15) is 13.2 Å². The smallest absolute Gasteiger partial charge is 0.325 e. The van der Waals surface area contributed by atoms with E-state index in [1.807, 2.05) is 19.1 Å². The molecule has 3 nitrogen and oxygen atoms in total. The van der Waals surface area contributed by atoms with Crippen LogP contribution < -0.4 is 5.32 Å². The molecule has 1 amide bonds. The molecule has 0 bridgehead atoms. The molecule has 1 aromatic heterocycles. The standard InChI is InChI=1S/C16H15F3N2OS/c1-10-3-6-13(7-4-10)21-15(22)11(2)23-14-8-5-12(9-20-14)16(17,18)19/h3-9,11H,1-2H3,(H,21,22)/t11-/m1/s1. The van der Waals surface area contributed by atoms with Crippen molar-refractivity contribution in [1.82, 2.24) is 4.98 Å². The van der Waals surface area contributed by atoms with E-state index in [2.05, 4.69) is 10.3 Å². The zero-order chi connectivity index (χ0) is 17.0. The second-order valence-electron chi connectivity index (χ2n) is 5.00. The van der Waals surface area contributed by atoms with Crippen LogP contribution in [0.25, 0.3) is 0 Å². The summed E-state index contributed by atoms with van der Waals surface area (Å²) in [6.45, 7) is 3.62. The van der Waals surface area contributed by atoms with Gasteiger partial charge in [-0.1, -0.05) is 29.5 Å². The number of aromatic nitrogens is 1. The Morgan fingerprint density at radius 3 is 2.35 bits per heavy atom. The number of carbonyl (C=O) groups is 1. The average Bonchev–Trinajstić information content (AvgIpc) is 2.49. The van der Waals surface area contributed by atoms with Gasteiger partial charge in [-0.05, 0) is 38.1 Å². The van der Waals surface area contributed by atoms with Crippen LogP contribution in [-0.2, 0) is 11.0 Å². The molecule has 0 aliphatic heterocycles. The first-order valence-electron chi connectivity index (χ1n) is 6.83. The molecular weight excluding hydrogens is 325 g/mol. The monoisotopic (exact) mass is 340 g/mol. The van der Waals surface area contributed by atoms with Crippen molar-refractivity contribution in [3.63, 3.8) is 0 Å². The molecule has 0 unspecified atom stereocenters. The number of rotatable bonds is 4. The second kappa shape index (κ2) is 7.04. The third-order valence-electron chi connectivity index (χ3n) is 3.05. The van der Waals surface area contributed by atoms with Crippen LogP contribution in [0.5, 0.6) is 0 Å². The molecule has 0 saturated heterocycles. The molecule has 1 aromatic carbocycles. The fourth-order valence-electron chi connectivity index (χ4n) is 1.73. The van der Waals surface area contributed by atoms with Crippen LogP contribution in [0, 0.1) is 6.92 Å². The maximum Gasteiger partial charge on any atom is 0.417 e. The minimum Gasteiger partial charge on any atom is -0.325 e. The highest BCUT2D eigenvalue weighted by atomic mass is 32.2. The largest absolute Gasteiger partial charge is 0.417 e. The Labute approximate surface area is 136 Å². The highest BCUT2D eigenvalue weighted by molar-refractivity contribution is 8.00. The van der Waals surface area contributed by atoms with E-state index in [-0.39, 0.29) is 5.91 Å². The van der Waals surface area contributed by atoms with Gasteiger partial charge in [0.25, 0.3) is 0 Å². The van der Waals surface area contributed by atoms with E-state index in [4.69, 9.17) is 0 Å². The molecule has 0 aliphatic rings. The van der Waals surface area contributed by atoms with E-state index in [1.165, 1.54) is 6.07 Å². The van der Waals surface area contributed by atoms with Gasteiger partial charge in [0, 0.05) is 11.9 Å². The third kappa shape index (κ3) is 4.99. The summed E-state index contributed by atoms with van der Waals surface area (Å²) in [5.41, 5.74) is 0.950. The Morgan fingerprint density at radius 1 is 1.17 bits per heavy atom. The molecule has 2 rings (SSSR count). The van der Waals surface area contributed by atoms with Crippen LogP contribution in [0.15, 0.2) is 47.6 Å². The Bertz CT molecular complexity index is 669. The minimum absolute atomic E-state index is 0.236. The Balaban J connectivity index is 1.96. The van der Waals surface area contributed by atoms with E-state index < -0.39 is 17.0 Å². The van der Waals surface area contributed by atoms with Crippen LogP contribution in [0.2, 0.25) is 0 Å². The summed E-state index contributed by atoms with van der Waals surface area (Å²) < 4.78 is 37.4. The number of nitrogens with zero attached hydrogens (tertiary/aromatic N) is 1. The van der Waals surface area contributed by atoms with Gasteiger partial charge >= 0.3 is 6.18 Å². The van der Waals surface area contributed by atoms with Gasteiger partial charge in [-0.25, -0.2) is 4.98 Å². The number of nitrogens with one attached hydrogen (secondary N) is 1. The van der Waals surface area contributed by atoms with Crippen molar-refractivity contribution in [2.45, 2.75) is 30.3 Å². The lowest BCUT2D eigenvalue weighted by Crippen LogP contribution is -2.22. The number of pyridine rings is 1. The first-order chi connectivity index (χ1) is 10.8. The summed E-state index contributed by atoms with van der Waals surface area (Å²) in [7, 11) is 0. The lowest BCUT2D eigenvalue weighted by atomic mass is 10.2. The quantitative estimate of drug-likeness (QED) is 0.832. The maximum atomic E-state index is 12.5. The van der Waals surface area contributed by atoms with Gasteiger partial charge in [0.15, 0.2) is 0 Å². The molecule has 122 valence electrons. The van der Waals surface area contributed by atoms with E-state index in [0.29, 0.717) is 10.7 Å². The summed E-state index contributed by atoms with van der Waals surface area (Å²) in [4.78, 5) is 15.8. The number of hydrogen-bond donors (Lipinski definition) is 1. The number of amides is 1. The normalized spacial score (nSPS) is 12.7. The summed E-state index contributed by atoms with van der Waals surface area (Å²) >= 11 is 1.10. The van der Waals surface area contributed by atoms with Crippen LogP contribution in [0.4, 0.5) is 18.9 Å². The third-order valence-corrected chi connectivity index (χ3v) is 4.10. The average molecular weight is 340 g/mol. The number of alkyl halides is 3. The molecule has 2 aromatic rings. The summed E-state index contributed by atoms with van der Waals surface area (Å²) in [5, 5.41) is 2.64. The number of hydrogen-bond acceptors (Lipinski definition) is 3. The zero-order valence-corrected chi connectivity index (χ0v) is 13.3. The first kappa shape index (κ1) is 17.3. The van der Waals surface area contributed by atoms with Gasteiger partial charge in [-0.15, -0.1) is 0 Å². The SMILES string of the molecule is Cc1ccc(NC(=O)[C@@H](C)Sc2ccc(C(F)(F)F)cn2)cc1. The number of anilines is 1. The maximum absolute atomic E-state index is 12.5. The number of aryl methyl sites for hydroxylation is 1. The highest BCUT2D eigenvalue weighted by Gasteiger charge is 2.30. The molecule has 23 heavy (non-hydrogen) atoms. The molecule has 0 aliphatic carbocycles. The Morgan fingerprint density at radius 2 is 1.83 bits per heavy atom.